The lowest BCUT2D eigenvalue weighted by Gasteiger charge is -2.40. The highest BCUT2D eigenvalue weighted by atomic mass is 31.1. The summed E-state index contributed by atoms with van der Waals surface area (Å²) >= 11 is 0. The third-order valence-electron chi connectivity index (χ3n) is 5.55. The van der Waals surface area contributed by atoms with Crippen molar-refractivity contribution in [2.45, 2.75) is 51.9 Å². The third-order valence-corrected chi connectivity index (χ3v) is 8.96. The number of hydrogen-bond donors (Lipinski definition) is 0. The van der Waals surface area contributed by atoms with E-state index in [1.165, 1.54) is 5.39 Å². The number of nitrogens with zero attached hydrogens (tertiary/aromatic N) is 3. The molecule has 0 saturated heterocycles. The molecule has 32 heavy (non-hydrogen) atoms. The molecule has 5 heteroatoms. The number of ether oxygens (including phenoxy) is 1. The Hall–Kier alpha value is -2.71. The van der Waals surface area contributed by atoms with Crippen LogP contribution in [-0.2, 0) is 0 Å². The summed E-state index contributed by atoms with van der Waals surface area (Å²) in [5.74, 6) is 0.835. The lowest BCUT2D eigenvalue weighted by molar-refractivity contribution is 0.416. The van der Waals surface area contributed by atoms with E-state index >= 15 is 0 Å². The van der Waals surface area contributed by atoms with Crippen LogP contribution < -0.4 is 10.2 Å². The predicted octanol–water partition coefficient (Wildman–Crippen LogP) is 6.80. The minimum Gasteiger partial charge on any atom is -0.496 e. The summed E-state index contributed by atoms with van der Waals surface area (Å²) in [7, 11) is 1.06. The van der Waals surface area contributed by atoms with Crippen molar-refractivity contribution < 1.29 is 4.74 Å². The predicted molar refractivity (Wildman–Crippen MR) is 137 cm³/mol. The van der Waals surface area contributed by atoms with Crippen molar-refractivity contribution in [1.29, 1.82) is 0 Å². The van der Waals surface area contributed by atoms with Crippen LogP contribution in [0.1, 0.15) is 41.5 Å². The Morgan fingerprint density at radius 1 is 0.781 bits per heavy atom. The summed E-state index contributed by atoms with van der Waals surface area (Å²) in [4.78, 5) is 0. The van der Waals surface area contributed by atoms with Gasteiger partial charge in [-0.2, -0.15) is 0 Å². The average Bonchev–Trinajstić information content (AvgIpc) is 3.14. The molecule has 4 rings (SSSR count). The Kier molecular flexibility index (Phi) is 5.85. The normalized spacial score (nSPS) is 12.5. The molecule has 4 aromatic rings. The van der Waals surface area contributed by atoms with Crippen LogP contribution in [0.4, 0.5) is 0 Å². The molecule has 1 aromatic heterocycles. The van der Waals surface area contributed by atoms with Crippen molar-refractivity contribution in [3.05, 3.63) is 66.7 Å². The fourth-order valence-corrected chi connectivity index (χ4v) is 8.53. The molecule has 0 aliphatic heterocycles. The molecule has 0 unspecified atom stereocenters. The second-order valence-electron chi connectivity index (χ2n) is 10.1. The zero-order valence-corrected chi connectivity index (χ0v) is 20.9. The first-order valence-electron chi connectivity index (χ1n) is 11.0. The van der Waals surface area contributed by atoms with Crippen molar-refractivity contribution >= 4 is 24.1 Å². The molecule has 0 radical (unpaired) electrons. The van der Waals surface area contributed by atoms with Gasteiger partial charge in [0, 0.05) is 0 Å². The number of rotatable bonds is 4. The topological polar surface area (TPSA) is 39.9 Å². The van der Waals surface area contributed by atoms with Crippen molar-refractivity contribution in [1.82, 2.24) is 15.0 Å². The zero-order valence-electron chi connectivity index (χ0n) is 20.0. The fraction of sp³-hybridized carbons (Fsp3) is 0.333. The molecule has 0 aliphatic carbocycles. The SMILES string of the molecule is COc1ccc2ccccc2c1-c1c(P(C(C)(C)C)C(C)(C)C)nnn1-c1ccccc1. The Bertz CT molecular complexity index is 1220. The molecule has 0 aliphatic rings. The van der Waals surface area contributed by atoms with Crippen LogP contribution in [0, 0.1) is 0 Å². The highest BCUT2D eigenvalue weighted by Gasteiger charge is 2.40. The van der Waals surface area contributed by atoms with E-state index < -0.39 is 7.92 Å². The number of aromatic nitrogens is 3. The number of para-hydroxylation sites is 1. The van der Waals surface area contributed by atoms with Gasteiger partial charge in [-0.3, -0.25) is 0 Å². The standard InChI is InChI=1S/C27H32N3OP/c1-26(2,3)32(27(4,5)6)25-24(30(29-28-25)20-14-9-8-10-15-20)23-21-16-12-11-13-19(21)17-18-22(23)31-7/h8-18H,1-7H3. The maximum absolute atomic E-state index is 5.91. The van der Waals surface area contributed by atoms with E-state index in [1.807, 2.05) is 22.9 Å². The summed E-state index contributed by atoms with van der Waals surface area (Å²) < 4.78 is 7.90. The van der Waals surface area contributed by atoms with Gasteiger partial charge in [-0.25, -0.2) is 4.68 Å². The molecule has 0 amide bonds. The van der Waals surface area contributed by atoms with Crippen LogP contribution >= 0.6 is 7.92 Å². The van der Waals surface area contributed by atoms with E-state index in [0.29, 0.717) is 0 Å². The number of methoxy groups -OCH3 is 1. The fourth-order valence-electron chi connectivity index (χ4n) is 4.70. The van der Waals surface area contributed by atoms with Gasteiger partial charge in [0.05, 0.1) is 18.4 Å². The molecule has 0 saturated carbocycles. The van der Waals surface area contributed by atoms with E-state index in [2.05, 4.69) is 90.1 Å². The van der Waals surface area contributed by atoms with Gasteiger partial charge in [0.1, 0.15) is 16.9 Å². The van der Waals surface area contributed by atoms with Gasteiger partial charge in [-0.15, -0.1) is 5.10 Å². The van der Waals surface area contributed by atoms with Gasteiger partial charge in [-0.1, -0.05) is 95.3 Å². The molecule has 0 atom stereocenters. The van der Waals surface area contributed by atoms with Crippen molar-refractivity contribution in [2.24, 2.45) is 0 Å². The lowest BCUT2D eigenvalue weighted by Crippen LogP contribution is -2.32. The second-order valence-corrected chi connectivity index (χ2v) is 13.8. The number of fused-ring (bicyclic) bond motifs is 1. The van der Waals surface area contributed by atoms with E-state index in [-0.39, 0.29) is 10.3 Å². The summed E-state index contributed by atoms with van der Waals surface area (Å²) in [6, 6.07) is 22.9. The van der Waals surface area contributed by atoms with E-state index in [1.54, 1.807) is 7.11 Å². The van der Waals surface area contributed by atoms with E-state index in [9.17, 15) is 0 Å². The van der Waals surface area contributed by atoms with Crippen LogP contribution in [0.25, 0.3) is 27.7 Å². The molecule has 0 fully saturated rings. The highest BCUT2D eigenvalue weighted by molar-refractivity contribution is 7.68. The molecule has 3 aromatic carbocycles. The average molecular weight is 446 g/mol. The second kappa shape index (κ2) is 8.33. The minimum atomic E-state index is -0.675. The van der Waals surface area contributed by atoms with Crippen LogP contribution in [0.3, 0.4) is 0 Å². The van der Waals surface area contributed by atoms with Gasteiger partial charge >= 0.3 is 0 Å². The molecule has 0 spiro atoms. The Labute approximate surface area is 192 Å². The molecular weight excluding hydrogens is 413 g/mol. The highest BCUT2D eigenvalue weighted by Crippen LogP contribution is 2.59. The van der Waals surface area contributed by atoms with Crippen LogP contribution in [0.2, 0.25) is 0 Å². The Balaban J connectivity index is 2.15. The molecule has 0 bridgehead atoms. The van der Waals surface area contributed by atoms with Gasteiger partial charge < -0.3 is 4.74 Å². The van der Waals surface area contributed by atoms with Gasteiger partial charge in [0.2, 0.25) is 0 Å². The number of benzene rings is 3. The lowest BCUT2D eigenvalue weighted by atomic mass is 10.0. The molecule has 166 valence electrons. The van der Waals surface area contributed by atoms with E-state index in [0.717, 1.165) is 33.5 Å². The quantitative estimate of drug-likeness (QED) is 0.324. The van der Waals surface area contributed by atoms with Gasteiger partial charge in [0.15, 0.2) is 0 Å². The van der Waals surface area contributed by atoms with Crippen molar-refractivity contribution in [3.63, 3.8) is 0 Å². The van der Waals surface area contributed by atoms with Crippen LogP contribution in [0.15, 0.2) is 66.7 Å². The van der Waals surface area contributed by atoms with E-state index in [4.69, 9.17) is 15.0 Å². The maximum atomic E-state index is 5.91. The Morgan fingerprint density at radius 2 is 1.41 bits per heavy atom. The molecule has 4 nitrogen and oxygen atoms in total. The monoisotopic (exact) mass is 445 g/mol. The van der Waals surface area contributed by atoms with Gasteiger partial charge in [-0.05, 0) is 47.2 Å². The van der Waals surface area contributed by atoms with Crippen molar-refractivity contribution in [2.75, 3.05) is 7.11 Å². The van der Waals surface area contributed by atoms with Gasteiger partial charge in [0.25, 0.3) is 0 Å². The number of hydrogen-bond acceptors (Lipinski definition) is 3. The minimum absolute atomic E-state index is 0.0533. The largest absolute Gasteiger partial charge is 0.496 e. The van der Waals surface area contributed by atoms with Crippen molar-refractivity contribution in [3.8, 4) is 22.7 Å². The first-order valence-corrected chi connectivity index (χ1v) is 12.3. The zero-order chi connectivity index (χ0) is 23.1. The summed E-state index contributed by atoms with van der Waals surface area (Å²) in [5, 5.41) is 12.0. The van der Waals surface area contributed by atoms with Crippen LogP contribution in [0.5, 0.6) is 5.75 Å². The maximum Gasteiger partial charge on any atom is 0.128 e. The molecule has 0 N–H and O–H groups in total. The van der Waals surface area contributed by atoms with Crippen LogP contribution in [-0.4, -0.2) is 32.4 Å². The smallest absolute Gasteiger partial charge is 0.128 e. The molecule has 1 heterocycles. The summed E-state index contributed by atoms with van der Waals surface area (Å²) in [5.41, 5.74) is 4.14. The summed E-state index contributed by atoms with van der Waals surface area (Å²) in [6.07, 6.45) is 0. The Morgan fingerprint density at radius 3 is 2.03 bits per heavy atom. The summed E-state index contributed by atoms with van der Waals surface area (Å²) in [6.45, 7) is 13.9. The molecular formula is C27H32N3OP. The third kappa shape index (κ3) is 4.04. The first kappa shape index (κ1) is 22.5. The first-order chi connectivity index (χ1) is 15.1.